The van der Waals surface area contributed by atoms with Gasteiger partial charge >= 0.3 is 0 Å². The van der Waals surface area contributed by atoms with E-state index in [4.69, 9.17) is 0 Å². The molecule has 1 N–H and O–H groups in total. The van der Waals surface area contributed by atoms with Crippen LogP contribution in [0.2, 0.25) is 0 Å². The molecule has 1 heterocycles. The third-order valence-corrected chi connectivity index (χ3v) is 10.7. The fourth-order valence-corrected chi connectivity index (χ4v) is 8.94. The maximum Gasteiger partial charge on any atom is 0.156 e. The SMILES string of the molecule is CC(=O)[C@@]1(C#CCO)CC[C@H]2[C@@H]3CCC4=CC(=O)CCC4=C3[C@@H](c3ccc(N4CCCC4)cc3)C[C@@]21C. The van der Waals surface area contributed by atoms with Gasteiger partial charge in [-0.3, -0.25) is 9.59 Å². The Kier molecular flexibility index (Phi) is 6.19. The van der Waals surface area contributed by atoms with Gasteiger partial charge in [0.15, 0.2) is 5.78 Å². The molecule has 6 rings (SSSR count). The highest BCUT2D eigenvalue weighted by Crippen LogP contribution is 2.69. The summed E-state index contributed by atoms with van der Waals surface area (Å²) in [6, 6.07) is 9.22. The van der Waals surface area contributed by atoms with E-state index in [1.54, 1.807) is 12.5 Å². The minimum Gasteiger partial charge on any atom is -0.384 e. The number of allylic oxidation sites excluding steroid dienone is 4. The van der Waals surface area contributed by atoms with Crippen LogP contribution in [0, 0.1) is 34.5 Å². The van der Waals surface area contributed by atoms with Crippen molar-refractivity contribution in [1.82, 2.24) is 0 Å². The summed E-state index contributed by atoms with van der Waals surface area (Å²) in [6.07, 6.45) is 10.6. The smallest absolute Gasteiger partial charge is 0.156 e. The van der Waals surface area contributed by atoms with Gasteiger partial charge in [0.05, 0.1) is 5.41 Å². The van der Waals surface area contributed by atoms with Crippen molar-refractivity contribution in [2.75, 3.05) is 24.6 Å². The number of carbonyl (C=O) groups excluding carboxylic acids is 2. The highest BCUT2D eigenvalue weighted by Gasteiger charge is 2.64. The number of ketones is 2. The van der Waals surface area contributed by atoms with Gasteiger partial charge in [0.25, 0.3) is 0 Å². The molecule has 4 aliphatic carbocycles. The Bertz CT molecular complexity index is 1240. The molecule has 37 heavy (non-hydrogen) atoms. The van der Waals surface area contributed by atoms with Crippen LogP contribution < -0.4 is 4.90 Å². The van der Waals surface area contributed by atoms with E-state index < -0.39 is 5.41 Å². The summed E-state index contributed by atoms with van der Waals surface area (Å²) in [5.74, 6) is 7.68. The number of hydrogen-bond acceptors (Lipinski definition) is 4. The average molecular weight is 498 g/mol. The first-order valence-corrected chi connectivity index (χ1v) is 14.3. The van der Waals surface area contributed by atoms with E-state index in [0.717, 1.165) is 51.6 Å². The lowest BCUT2D eigenvalue weighted by molar-refractivity contribution is -0.130. The van der Waals surface area contributed by atoms with Crippen LogP contribution in [0.3, 0.4) is 0 Å². The van der Waals surface area contributed by atoms with Crippen LogP contribution >= 0.6 is 0 Å². The van der Waals surface area contributed by atoms with Crippen LogP contribution in [0.4, 0.5) is 5.69 Å². The Morgan fingerprint density at radius 3 is 2.57 bits per heavy atom. The topological polar surface area (TPSA) is 57.6 Å². The third-order valence-electron chi connectivity index (χ3n) is 10.7. The van der Waals surface area contributed by atoms with Gasteiger partial charge < -0.3 is 10.0 Å². The van der Waals surface area contributed by atoms with Crippen molar-refractivity contribution >= 4 is 17.3 Å². The van der Waals surface area contributed by atoms with Crippen molar-refractivity contribution in [2.24, 2.45) is 22.7 Å². The number of aliphatic hydroxyl groups excluding tert-OH is 1. The van der Waals surface area contributed by atoms with Crippen molar-refractivity contribution in [2.45, 2.75) is 77.6 Å². The molecule has 0 unspecified atom stereocenters. The molecule has 5 aliphatic rings. The van der Waals surface area contributed by atoms with E-state index in [-0.39, 0.29) is 29.5 Å². The van der Waals surface area contributed by atoms with Gasteiger partial charge in [-0.05, 0) is 110 Å². The first kappa shape index (κ1) is 24.7. The molecule has 1 saturated heterocycles. The number of rotatable bonds is 3. The Balaban J connectivity index is 1.48. The van der Waals surface area contributed by atoms with Gasteiger partial charge in [0.1, 0.15) is 12.4 Å². The lowest BCUT2D eigenvalue weighted by Crippen LogP contribution is -2.50. The molecule has 0 aromatic heterocycles. The Morgan fingerprint density at radius 1 is 1.11 bits per heavy atom. The maximum atomic E-state index is 13.3. The molecular weight excluding hydrogens is 458 g/mol. The second-order valence-corrected chi connectivity index (χ2v) is 12.2. The van der Waals surface area contributed by atoms with E-state index in [1.807, 2.05) is 6.08 Å². The van der Waals surface area contributed by atoms with Crippen molar-refractivity contribution in [3.63, 3.8) is 0 Å². The number of hydrogen-bond donors (Lipinski definition) is 1. The summed E-state index contributed by atoms with van der Waals surface area (Å²) in [7, 11) is 0. The number of carbonyl (C=O) groups is 2. The molecule has 4 heteroatoms. The monoisotopic (exact) mass is 497 g/mol. The molecule has 2 saturated carbocycles. The Labute approximate surface area is 221 Å². The molecule has 0 bridgehead atoms. The molecule has 1 aromatic carbocycles. The van der Waals surface area contributed by atoms with E-state index in [1.165, 1.54) is 35.2 Å². The van der Waals surface area contributed by atoms with Gasteiger partial charge in [-0.25, -0.2) is 0 Å². The zero-order valence-electron chi connectivity index (χ0n) is 22.3. The fourth-order valence-electron chi connectivity index (χ4n) is 8.94. The zero-order valence-corrected chi connectivity index (χ0v) is 22.3. The average Bonchev–Trinajstić information content (AvgIpc) is 3.53. The summed E-state index contributed by atoms with van der Waals surface area (Å²) in [5.41, 5.74) is 5.93. The predicted molar refractivity (Wildman–Crippen MR) is 146 cm³/mol. The minimum atomic E-state index is -0.705. The van der Waals surface area contributed by atoms with Crippen LogP contribution in [-0.2, 0) is 9.59 Å². The molecule has 0 radical (unpaired) electrons. The van der Waals surface area contributed by atoms with Crippen molar-refractivity contribution < 1.29 is 14.7 Å². The van der Waals surface area contributed by atoms with Crippen LogP contribution in [0.5, 0.6) is 0 Å². The van der Waals surface area contributed by atoms with Crippen LogP contribution in [0.15, 0.2) is 47.1 Å². The minimum absolute atomic E-state index is 0.150. The number of fused-ring (bicyclic) bond motifs is 4. The number of benzene rings is 1. The molecule has 0 amide bonds. The lowest BCUT2D eigenvalue weighted by atomic mass is 9.48. The Morgan fingerprint density at radius 2 is 1.86 bits per heavy atom. The van der Waals surface area contributed by atoms with Crippen molar-refractivity contribution in [3.05, 3.63) is 52.6 Å². The molecule has 5 atom stereocenters. The van der Waals surface area contributed by atoms with Crippen molar-refractivity contribution in [1.29, 1.82) is 0 Å². The van der Waals surface area contributed by atoms with E-state index >= 15 is 0 Å². The molecule has 3 fully saturated rings. The molecule has 1 aromatic rings. The quantitative estimate of drug-likeness (QED) is 0.540. The first-order chi connectivity index (χ1) is 17.9. The van der Waals surface area contributed by atoms with Crippen LogP contribution in [0.25, 0.3) is 0 Å². The van der Waals surface area contributed by atoms with E-state index in [9.17, 15) is 14.7 Å². The zero-order chi connectivity index (χ0) is 25.8. The highest BCUT2D eigenvalue weighted by molar-refractivity contribution is 5.93. The number of Topliss-reactive ketones (excluding diaryl/α,β-unsaturated/α-hetero) is 1. The number of aliphatic hydroxyl groups is 1. The summed E-state index contributed by atoms with van der Waals surface area (Å²) >= 11 is 0. The summed E-state index contributed by atoms with van der Waals surface area (Å²) in [6.45, 7) is 6.08. The highest BCUT2D eigenvalue weighted by atomic mass is 16.2. The Hall–Kier alpha value is -2.64. The van der Waals surface area contributed by atoms with Gasteiger partial charge in [-0.2, -0.15) is 0 Å². The standard InChI is InChI=1S/C33H39NO3/c1-22(36)33(15-5-19-35)16-14-30-28-12-8-24-20-26(37)11-13-27(24)31(28)29(21-32(30,33)2)23-6-9-25(10-7-23)34-17-3-4-18-34/h6-7,9-10,20,28-30,35H,3-4,8,11-14,16-19,21H2,1-2H3/t28-,29+,30-,32-,33+/m0/s1. The normalized spacial score (nSPS) is 34.8. The molecular formula is C33H39NO3. The number of nitrogens with zero attached hydrogens (tertiary/aromatic N) is 1. The molecule has 4 nitrogen and oxygen atoms in total. The predicted octanol–water partition coefficient (Wildman–Crippen LogP) is 5.76. The summed E-state index contributed by atoms with van der Waals surface area (Å²) < 4.78 is 0. The van der Waals surface area contributed by atoms with Crippen LogP contribution in [0.1, 0.15) is 83.1 Å². The first-order valence-electron chi connectivity index (χ1n) is 14.3. The third kappa shape index (κ3) is 3.76. The van der Waals surface area contributed by atoms with E-state index in [0.29, 0.717) is 18.3 Å². The van der Waals surface area contributed by atoms with Gasteiger partial charge in [0, 0.05) is 31.1 Å². The van der Waals surface area contributed by atoms with Gasteiger partial charge in [-0.15, -0.1) is 0 Å². The van der Waals surface area contributed by atoms with Crippen LogP contribution in [-0.4, -0.2) is 36.4 Å². The van der Waals surface area contributed by atoms with E-state index in [2.05, 4.69) is 47.9 Å². The maximum absolute atomic E-state index is 13.3. The van der Waals surface area contributed by atoms with Gasteiger partial charge in [0.2, 0.25) is 0 Å². The van der Waals surface area contributed by atoms with Gasteiger partial charge in [-0.1, -0.05) is 36.5 Å². The lowest BCUT2D eigenvalue weighted by Gasteiger charge is -2.54. The second-order valence-electron chi connectivity index (χ2n) is 12.2. The number of anilines is 1. The molecule has 0 spiro atoms. The largest absolute Gasteiger partial charge is 0.384 e. The van der Waals surface area contributed by atoms with Crippen molar-refractivity contribution in [3.8, 4) is 11.8 Å². The summed E-state index contributed by atoms with van der Waals surface area (Å²) in [4.78, 5) is 28.1. The molecule has 1 aliphatic heterocycles. The fraction of sp³-hybridized carbons (Fsp3) is 0.576. The summed E-state index contributed by atoms with van der Waals surface area (Å²) in [5, 5.41) is 9.56. The molecule has 194 valence electrons. The second kappa shape index (κ2) is 9.28.